The zero-order valence-corrected chi connectivity index (χ0v) is 9.03. The van der Waals surface area contributed by atoms with Gasteiger partial charge in [0.05, 0.1) is 6.61 Å². The second kappa shape index (κ2) is 4.56. The second-order valence-corrected chi connectivity index (χ2v) is 4.77. The molecule has 0 unspecified atom stereocenters. The maximum Gasteiger partial charge on any atom is 0.244 e. The van der Waals surface area contributed by atoms with E-state index in [2.05, 4.69) is 9.71 Å². The molecule has 1 aromatic heterocycles. The third-order valence-corrected chi connectivity index (χ3v) is 3.36. The topological polar surface area (TPSA) is 105 Å². The molecular formula is C8H13N3O3S. The van der Waals surface area contributed by atoms with Gasteiger partial charge in [0.15, 0.2) is 0 Å². The van der Waals surface area contributed by atoms with Crippen LogP contribution in [0.5, 0.6) is 0 Å². The number of aromatic nitrogens is 1. The van der Waals surface area contributed by atoms with Gasteiger partial charge in [0.1, 0.15) is 10.7 Å². The summed E-state index contributed by atoms with van der Waals surface area (Å²) in [6.45, 7) is 1.27. The van der Waals surface area contributed by atoms with E-state index in [0.29, 0.717) is 0 Å². The van der Waals surface area contributed by atoms with Crippen molar-refractivity contribution < 1.29 is 13.5 Å². The zero-order valence-electron chi connectivity index (χ0n) is 8.21. The molecule has 0 saturated carbocycles. The lowest BCUT2D eigenvalue weighted by Gasteiger charge is -2.12. The van der Waals surface area contributed by atoms with Crippen LogP contribution in [-0.2, 0) is 10.0 Å². The molecule has 0 aliphatic carbocycles. The van der Waals surface area contributed by atoms with E-state index in [4.69, 9.17) is 10.8 Å². The van der Waals surface area contributed by atoms with Crippen molar-refractivity contribution in [3.8, 4) is 0 Å². The van der Waals surface area contributed by atoms with Gasteiger partial charge in [0.25, 0.3) is 0 Å². The Morgan fingerprint density at radius 2 is 2.33 bits per heavy atom. The Bertz CT molecular complexity index is 433. The molecule has 1 rings (SSSR count). The average molecular weight is 231 g/mol. The SMILES string of the molecule is C[C@@H](CO)NS(=O)(=O)c1cccnc1N. The van der Waals surface area contributed by atoms with E-state index in [1.54, 1.807) is 6.92 Å². The van der Waals surface area contributed by atoms with Crippen LogP contribution in [0.15, 0.2) is 23.2 Å². The van der Waals surface area contributed by atoms with Crippen molar-refractivity contribution in [2.24, 2.45) is 0 Å². The number of nitrogens with one attached hydrogen (secondary N) is 1. The van der Waals surface area contributed by atoms with Crippen molar-refractivity contribution in [2.75, 3.05) is 12.3 Å². The highest BCUT2D eigenvalue weighted by atomic mass is 32.2. The van der Waals surface area contributed by atoms with Crippen molar-refractivity contribution >= 4 is 15.8 Å². The zero-order chi connectivity index (χ0) is 11.5. The Morgan fingerprint density at radius 3 is 2.87 bits per heavy atom. The third-order valence-electron chi connectivity index (χ3n) is 1.72. The minimum absolute atomic E-state index is 0.0601. The van der Waals surface area contributed by atoms with Gasteiger partial charge in [-0.1, -0.05) is 0 Å². The summed E-state index contributed by atoms with van der Waals surface area (Å²) < 4.78 is 25.6. The van der Waals surface area contributed by atoms with Crippen LogP contribution in [0.2, 0.25) is 0 Å². The number of nitrogens with two attached hydrogens (primary N) is 1. The number of hydrogen-bond donors (Lipinski definition) is 3. The molecule has 84 valence electrons. The van der Waals surface area contributed by atoms with Gasteiger partial charge in [-0.2, -0.15) is 0 Å². The van der Waals surface area contributed by atoms with Gasteiger partial charge in [-0.25, -0.2) is 18.1 Å². The minimum atomic E-state index is -3.70. The molecular weight excluding hydrogens is 218 g/mol. The molecule has 7 heteroatoms. The Labute approximate surface area is 88.2 Å². The van der Waals surface area contributed by atoms with E-state index in [1.807, 2.05) is 0 Å². The van der Waals surface area contributed by atoms with E-state index in [9.17, 15) is 8.42 Å². The van der Waals surface area contributed by atoms with E-state index < -0.39 is 16.1 Å². The molecule has 1 atom stereocenters. The highest BCUT2D eigenvalue weighted by molar-refractivity contribution is 7.89. The molecule has 1 heterocycles. The van der Waals surface area contributed by atoms with Crippen molar-refractivity contribution in [3.05, 3.63) is 18.3 Å². The summed E-state index contributed by atoms with van der Waals surface area (Å²) in [7, 11) is -3.70. The number of aliphatic hydroxyl groups excluding tert-OH is 1. The molecule has 0 spiro atoms. The highest BCUT2D eigenvalue weighted by Gasteiger charge is 2.19. The highest BCUT2D eigenvalue weighted by Crippen LogP contribution is 2.14. The van der Waals surface area contributed by atoms with Crippen molar-refractivity contribution in [1.29, 1.82) is 0 Å². The summed E-state index contributed by atoms with van der Waals surface area (Å²) >= 11 is 0. The molecule has 4 N–H and O–H groups in total. The van der Waals surface area contributed by atoms with E-state index in [0.717, 1.165) is 0 Å². The fourth-order valence-electron chi connectivity index (χ4n) is 0.996. The number of nitrogen functional groups attached to an aromatic ring is 1. The van der Waals surface area contributed by atoms with Crippen LogP contribution in [0.3, 0.4) is 0 Å². The monoisotopic (exact) mass is 231 g/mol. The maximum absolute atomic E-state index is 11.7. The van der Waals surface area contributed by atoms with Crippen molar-refractivity contribution in [2.45, 2.75) is 17.9 Å². The van der Waals surface area contributed by atoms with Crippen molar-refractivity contribution in [1.82, 2.24) is 9.71 Å². The van der Waals surface area contributed by atoms with Gasteiger partial charge < -0.3 is 10.8 Å². The minimum Gasteiger partial charge on any atom is -0.395 e. The van der Waals surface area contributed by atoms with Crippen LogP contribution in [0, 0.1) is 0 Å². The normalized spacial score (nSPS) is 13.7. The van der Waals surface area contributed by atoms with Gasteiger partial charge in [0, 0.05) is 12.2 Å². The molecule has 0 aliphatic heterocycles. The molecule has 15 heavy (non-hydrogen) atoms. The predicted molar refractivity (Wildman–Crippen MR) is 55.5 cm³/mol. The maximum atomic E-state index is 11.7. The quantitative estimate of drug-likeness (QED) is 0.637. The lowest BCUT2D eigenvalue weighted by atomic mass is 10.4. The first-order valence-electron chi connectivity index (χ1n) is 4.31. The lowest BCUT2D eigenvalue weighted by molar-refractivity contribution is 0.265. The summed E-state index contributed by atoms with van der Waals surface area (Å²) in [5.41, 5.74) is 5.43. The molecule has 0 radical (unpaired) electrons. The van der Waals surface area contributed by atoms with Gasteiger partial charge in [-0.3, -0.25) is 0 Å². The lowest BCUT2D eigenvalue weighted by Crippen LogP contribution is -2.35. The van der Waals surface area contributed by atoms with Gasteiger partial charge in [-0.15, -0.1) is 0 Å². The first-order valence-corrected chi connectivity index (χ1v) is 5.79. The van der Waals surface area contributed by atoms with Crippen LogP contribution >= 0.6 is 0 Å². The van der Waals surface area contributed by atoms with E-state index in [1.165, 1.54) is 18.3 Å². The Morgan fingerprint density at radius 1 is 1.67 bits per heavy atom. The van der Waals surface area contributed by atoms with Crippen LogP contribution in [0.4, 0.5) is 5.82 Å². The Hall–Kier alpha value is -1.18. The number of nitrogens with zero attached hydrogens (tertiary/aromatic N) is 1. The van der Waals surface area contributed by atoms with Gasteiger partial charge in [0.2, 0.25) is 10.0 Å². The fraction of sp³-hybridized carbons (Fsp3) is 0.375. The van der Waals surface area contributed by atoms with Crippen LogP contribution < -0.4 is 10.5 Å². The second-order valence-electron chi connectivity index (χ2n) is 3.09. The molecule has 0 aromatic carbocycles. The Balaban J connectivity index is 3.02. The fourth-order valence-corrected chi connectivity index (χ4v) is 2.31. The summed E-state index contributed by atoms with van der Waals surface area (Å²) in [5.74, 6) is -0.0601. The van der Waals surface area contributed by atoms with E-state index >= 15 is 0 Å². The number of anilines is 1. The first-order chi connectivity index (χ1) is 6.97. The summed E-state index contributed by atoms with van der Waals surface area (Å²) in [4.78, 5) is 3.60. The summed E-state index contributed by atoms with van der Waals surface area (Å²) in [5, 5.41) is 8.74. The smallest absolute Gasteiger partial charge is 0.244 e. The number of sulfonamides is 1. The molecule has 0 saturated heterocycles. The molecule has 0 aliphatic rings. The molecule has 0 amide bonds. The largest absolute Gasteiger partial charge is 0.395 e. The molecule has 0 fully saturated rings. The number of rotatable bonds is 4. The van der Waals surface area contributed by atoms with Crippen LogP contribution in [0.25, 0.3) is 0 Å². The number of pyridine rings is 1. The average Bonchev–Trinajstić information content (AvgIpc) is 2.17. The van der Waals surface area contributed by atoms with Crippen LogP contribution in [0.1, 0.15) is 6.92 Å². The van der Waals surface area contributed by atoms with Crippen LogP contribution in [-0.4, -0.2) is 31.2 Å². The molecule has 1 aromatic rings. The van der Waals surface area contributed by atoms with Gasteiger partial charge in [-0.05, 0) is 19.1 Å². The predicted octanol–water partition coefficient (Wildman–Crippen LogP) is -0.677. The van der Waals surface area contributed by atoms with Gasteiger partial charge >= 0.3 is 0 Å². The number of aliphatic hydroxyl groups is 1. The molecule has 0 bridgehead atoms. The van der Waals surface area contributed by atoms with E-state index in [-0.39, 0.29) is 17.3 Å². The number of hydrogen-bond acceptors (Lipinski definition) is 5. The van der Waals surface area contributed by atoms with Crippen molar-refractivity contribution in [3.63, 3.8) is 0 Å². The Kier molecular flexibility index (Phi) is 3.61. The standard InChI is InChI=1S/C8H13N3O3S/c1-6(5-12)11-15(13,14)7-3-2-4-10-8(7)9/h2-4,6,11-12H,5H2,1H3,(H2,9,10)/t6-/m0/s1. The summed E-state index contributed by atoms with van der Waals surface area (Å²) in [6.07, 6.45) is 1.41. The molecule has 6 nitrogen and oxygen atoms in total. The third kappa shape index (κ3) is 2.88. The summed E-state index contributed by atoms with van der Waals surface area (Å²) in [6, 6.07) is 2.28. The first kappa shape index (κ1) is 11.9.